The summed E-state index contributed by atoms with van der Waals surface area (Å²) in [5.41, 5.74) is 5.67. The van der Waals surface area contributed by atoms with Gasteiger partial charge in [-0.2, -0.15) is 5.26 Å². The molecule has 0 fully saturated rings. The summed E-state index contributed by atoms with van der Waals surface area (Å²) >= 11 is 1.06. The Balaban J connectivity index is 2.33. The Labute approximate surface area is 166 Å². The van der Waals surface area contributed by atoms with Crippen molar-refractivity contribution >= 4 is 40.4 Å². The van der Waals surface area contributed by atoms with Crippen LogP contribution in [0.5, 0.6) is 0 Å². The van der Waals surface area contributed by atoms with Crippen molar-refractivity contribution in [1.82, 2.24) is 0 Å². The van der Waals surface area contributed by atoms with Gasteiger partial charge in [0.25, 0.3) is 0 Å². The number of nitrogens with one attached hydrogen (secondary N) is 1. The summed E-state index contributed by atoms with van der Waals surface area (Å²) in [6.45, 7) is 5.22. The summed E-state index contributed by atoms with van der Waals surface area (Å²) in [7, 11) is 0. The fourth-order valence-corrected chi connectivity index (χ4v) is 3.23. The molecule has 0 aliphatic carbocycles. The SMILES string of the molecule is CC(C)(C)OC(=O)Nc1cccc([C@@H](C(N)=O)N(C=O)c2ccc(C#N)s2)c1. The first-order valence-electron chi connectivity index (χ1n) is 8.27. The van der Waals surface area contributed by atoms with Gasteiger partial charge in [-0.3, -0.25) is 19.8 Å². The third-order valence-electron chi connectivity index (χ3n) is 3.47. The zero-order valence-electron chi connectivity index (χ0n) is 15.6. The van der Waals surface area contributed by atoms with Crippen LogP contribution in [0.3, 0.4) is 0 Å². The molecule has 0 unspecified atom stereocenters. The normalized spacial score (nSPS) is 11.8. The molecule has 28 heavy (non-hydrogen) atoms. The number of amides is 3. The van der Waals surface area contributed by atoms with Crippen molar-refractivity contribution in [3.63, 3.8) is 0 Å². The predicted octanol–water partition coefficient (Wildman–Crippen LogP) is 3.16. The second-order valence-corrected chi connectivity index (χ2v) is 7.88. The van der Waals surface area contributed by atoms with E-state index in [0.29, 0.717) is 27.5 Å². The minimum absolute atomic E-state index is 0.382. The van der Waals surface area contributed by atoms with E-state index < -0.39 is 23.6 Å². The molecule has 2 rings (SSSR count). The van der Waals surface area contributed by atoms with Crippen molar-refractivity contribution in [2.75, 3.05) is 10.2 Å². The number of nitrogens with two attached hydrogens (primary N) is 1. The third kappa shape index (κ3) is 5.31. The third-order valence-corrected chi connectivity index (χ3v) is 4.47. The van der Waals surface area contributed by atoms with Crippen LogP contribution >= 0.6 is 11.3 Å². The molecule has 0 spiro atoms. The van der Waals surface area contributed by atoms with E-state index in [1.807, 2.05) is 6.07 Å². The highest BCUT2D eigenvalue weighted by atomic mass is 32.1. The topological polar surface area (TPSA) is 126 Å². The minimum Gasteiger partial charge on any atom is -0.444 e. The van der Waals surface area contributed by atoms with E-state index in [4.69, 9.17) is 15.7 Å². The van der Waals surface area contributed by atoms with Crippen LogP contribution in [0.1, 0.15) is 37.3 Å². The van der Waals surface area contributed by atoms with E-state index in [9.17, 15) is 14.4 Å². The smallest absolute Gasteiger partial charge is 0.412 e. The number of anilines is 2. The van der Waals surface area contributed by atoms with Crippen molar-refractivity contribution in [2.24, 2.45) is 5.73 Å². The lowest BCUT2D eigenvalue weighted by atomic mass is 10.0. The quantitative estimate of drug-likeness (QED) is 0.721. The van der Waals surface area contributed by atoms with E-state index in [2.05, 4.69) is 5.32 Å². The van der Waals surface area contributed by atoms with E-state index in [0.717, 1.165) is 16.2 Å². The Kier molecular flexibility index (Phi) is 6.38. The van der Waals surface area contributed by atoms with Crippen LogP contribution in [0, 0.1) is 11.3 Å². The Bertz CT molecular complexity index is 927. The highest BCUT2D eigenvalue weighted by molar-refractivity contribution is 7.16. The van der Waals surface area contributed by atoms with Crippen molar-refractivity contribution < 1.29 is 19.1 Å². The lowest BCUT2D eigenvalue weighted by molar-refractivity contribution is -0.121. The van der Waals surface area contributed by atoms with Gasteiger partial charge >= 0.3 is 6.09 Å². The van der Waals surface area contributed by atoms with Crippen molar-refractivity contribution in [3.8, 4) is 6.07 Å². The summed E-state index contributed by atoms with van der Waals surface area (Å²) < 4.78 is 5.21. The van der Waals surface area contributed by atoms with Gasteiger partial charge in [0.1, 0.15) is 22.6 Å². The van der Waals surface area contributed by atoms with E-state index >= 15 is 0 Å². The lowest BCUT2D eigenvalue weighted by Crippen LogP contribution is -2.36. The first-order chi connectivity index (χ1) is 13.1. The number of hydrogen-bond acceptors (Lipinski definition) is 6. The molecule has 0 saturated heterocycles. The molecule has 1 heterocycles. The van der Waals surface area contributed by atoms with Gasteiger partial charge in [-0.25, -0.2) is 4.79 Å². The van der Waals surface area contributed by atoms with E-state index in [1.54, 1.807) is 51.1 Å². The second-order valence-electron chi connectivity index (χ2n) is 6.82. The molecule has 146 valence electrons. The molecule has 1 aromatic heterocycles. The van der Waals surface area contributed by atoms with Gasteiger partial charge in [0, 0.05) is 5.69 Å². The van der Waals surface area contributed by atoms with Crippen molar-refractivity contribution in [1.29, 1.82) is 5.26 Å². The molecule has 9 heteroatoms. The van der Waals surface area contributed by atoms with Crippen LogP contribution in [0.4, 0.5) is 15.5 Å². The van der Waals surface area contributed by atoms with Crippen LogP contribution in [-0.4, -0.2) is 24.0 Å². The molecule has 2 aromatic rings. The van der Waals surface area contributed by atoms with Crippen LogP contribution in [0.15, 0.2) is 36.4 Å². The summed E-state index contributed by atoms with van der Waals surface area (Å²) in [4.78, 5) is 37.3. The summed E-state index contributed by atoms with van der Waals surface area (Å²) in [6, 6.07) is 10.4. The van der Waals surface area contributed by atoms with Crippen LogP contribution in [-0.2, 0) is 14.3 Å². The van der Waals surface area contributed by atoms with Gasteiger partial charge in [0.2, 0.25) is 12.3 Å². The van der Waals surface area contributed by atoms with Gasteiger partial charge in [-0.15, -0.1) is 11.3 Å². The molecular formula is C19H20N4O4S. The molecule has 0 aliphatic heterocycles. The fraction of sp³-hybridized carbons (Fsp3) is 0.263. The number of rotatable bonds is 6. The molecular weight excluding hydrogens is 380 g/mol. The number of primary amides is 1. The van der Waals surface area contributed by atoms with E-state index in [-0.39, 0.29) is 0 Å². The monoisotopic (exact) mass is 400 g/mol. The van der Waals surface area contributed by atoms with Crippen LogP contribution in [0.2, 0.25) is 0 Å². The molecule has 1 aromatic carbocycles. The number of ether oxygens (including phenoxy) is 1. The Morgan fingerprint density at radius 2 is 2.04 bits per heavy atom. The molecule has 8 nitrogen and oxygen atoms in total. The molecule has 0 radical (unpaired) electrons. The maximum absolute atomic E-state index is 12.1. The summed E-state index contributed by atoms with van der Waals surface area (Å²) in [5, 5.41) is 12.0. The van der Waals surface area contributed by atoms with Gasteiger partial charge in [-0.05, 0) is 50.6 Å². The number of nitriles is 1. The van der Waals surface area contributed by atoms with Gasteiger partial charge in [0.15, 0.2) is 0 Å². The van der Waals surface area contributed by atoms with Gasteiger partial charge in [0.05, 0.1) is 5.00 Å². The Morgan fingerprint density at radius 3 is 2.57 bits per heavy atom. The largest absolute Gasteiger partial charge is 0.444 e. The lowest BCUT2D eigenvalue weighted by Gasteiger charge is -2.25. The summed E-state index contributed by atoms with van der Waals surface area (Å²) in [5.74, 6) is -0.756. The minimum atomic E-state index is -1.11. The van der Waals surface area contributed by atoms with E-state index in [1.165, 1.54) is 6.07 Å². The first kappa shape index (κ1) is 20.9. The van der Waals surface area contributed by atoms with Crippen LogP contribution in [0.25, 0.3) is 0 Å². The Morgan fingerprint density at radius 1 is 1.32 bits per heavy atom. The zero-order chi connectivity index (χ0) is 20.9. The zero-order valence-corrected chi connectivity index (χ0v) is 16.4. The average molecular weight is 400 g/mol. The van der Waals surface area contributed by atoms with Crippen molar-refractivity contribution in [2.45, 2.75) is 32.4 Å². The van der Waals surface area contributed by atoms with Gasteiger partial charge < -0.3 is 10.5 Å². The second kappa shape index (κ2) is 8.54. The molecule has 0 aliphatic rings. The predicted molar refractivity (Wildman–Crippen MR) is 106 cm³/mol. The number of benzene rings is 1. The number of nitrogens with zero attached hydrogens (tertiary/aromatic N) is 2. The number of thiophene rings is 1. The molecule has 0 saturated carbocycles. The standard InChI is InChI=1S/C19H20N4O4S/c1-19(2,3)27-18(26)22-13-6-4-5-12(9-13)16(17(21)25)23(11-24)15-8-7-14(10-20)28-15/h4-9,11,16H,1-3H3,(H2,21,25)(H,22,26)/t16-/m0/s1. The number of carbonyl (C=O) groups is 3. The first-order valence-corrected chi connectivity index (χ1v) is 9.09. The highest BCUT2D eigenvalue weighted by Gasteiger charge is 2.28. The fourth-order valence-electron chi connectivity index (χ4n) is 2.44. The molecule has 0 bridgehead atoms. The average Bonchev–Trinajstić information content (AvgIpc) is 3.06. The number of carbonyl (C=O) groups excluding carboxylic acids is 3. The number of hydrogen-bond donors (Lipinski definition) is 2. The Hall–Kier alpha value is -3.38. The molecule has 3 amide bonds. The van der Waals surface area contributed by atoms with Gasteiger partial charge in [-0.1, -0.05) is 12.1 Å². The van der Waals surface area contributed by atoms with Crippen LogP contribution < -0.4 is 16.0 Å². The maximum Gasteiger partial charge on any atom is 0.412 e. The molecule has 1 atom stereocenters. The maximum atomic E-state index is 12.1. The summed E-state index contributed by atoms with van der Waals surface area (Å²) in [6.07, 6.45) is -0.166. The molecule has 3 N–H and O–H groups in total. The van der Waals surface area contributed by atoms with Crippen molar-refractivity contribution in [3.05, 3.63) is 46.8 Å². The highest BCUT2D eigenvalue weighted by Crippen LogP contribution is 2.32.